The predicted octanol–water partition coefficient (Wildman–Crippen LogP) is 2.58. The lowest BCUT2D eigenvalue weighted by Gasteiger charge is -2.09. The summed E-state index contributed by atoms with van der Waals surface area (Å²) >= 11 is 0. The second-order valence-corrected chi connectivity index (χ2v) is 3.89. The Morgan fingerprint density at radius 1 is 1.32 bits per heavy atom. The van der Waals surface area contributed by atoms with Crippen LogP contribution >= 0.6 is 0 Å². The molecule has 19 heavy (non-hydrogen) atoms. The molecule has 1 aromatic carbocycles. The Labute approximate surface area is 111 Å². The maximum absolute atomic E-state index is 11.5. The van der Waals surface area contributed by atoms with E-state index in [1.807, 2.05) is 0 Å². The zero-order valence-corrected chi connectivity index (χ0v) is 10.6. The van der Waals surface area contributed by atoms with E-state index < -0.39 is 0 Å². The molecule has 0 spiro atoms. The third kappa shape index (κ3) is 3.22. The number of esters is 1. The van der Waals surface area contributed by atoms with Gasteiger partial charge in [-0.05, 0) is 37.3 Å². The van der Waals surface area contributed by atoms with E-state index in [2.05, 4.69) is 10.3 Å². The number of pyridine rings is 1. The molecule has 0 amide bonds. The first kappa shape index (κ1) is 12.9. The Balaban J connectivity index is 2.11. The molecule has 0 aliphatic rings. The lowest BCUT2D eigenvalue weighted by atomic mass is 10.2. The molecule has 0 bridgehead atoms. The SMILES string of the molecule is CCOC(=O)c1ccc(Nc2ccncc2N)cc1. The van der Waals surface area contributed by atoms with Crippen LogP contribution in [0.25, 0.3) is 0 Å². The molecule has 5 heteroatoms. The normalized spacial score (nSPS) is 9.95. The van der Waals surface area contributed by atoms with Crippen molar-refractivity contribution in [3.8, 4) is 0 Å². The molecule has 0 aliphatic heterocycles. The Morgan fingerprint density at radius 3 is 2.68 bits per heavy atom. The van der Waals surface area contributed by atoms with Gasteiger partial charge in [0.2, 0.25) is 0 Å². The summed E-state index contributed by atoms with van der Waals surface area (Å²) in [7, 11) is 0. The van der Waals surface area contributed by atoms with Crippen molar-refractivity contribution in [2.24, 2.45) is 0 Å². The van der Waals surface area contributed by atoms with E-state index in [0.717, 1.165) is 11.4 Å². The van der Waals surface area contributed by atoms with Crippen LogP contribution in [0.15, 0.2) is 42.7 Å². The molecule has 0 atom stereocenters. The minimum absolute atomic E-state index is 0.322. The number of nitrogens with one attached hydrogen (secondary N) is 1. The smallest absolute Gasteiger partial charge is 0.338 e. The molecule has 2 rings (SSSR count). The first-order valence-electron chi connectivity index (χ1n) is 5.94. The van der Waals surface area contributed by atoms with E-state index in [1.54, 1.807) is 49.6 Å². The first-order valence-corrected chi connectivity index (χ1v) is 5.94. The average molecular weight is 257 g/mol. The van der Waals surface area contributed by atoms with Gasteiger partial charge >= 0.3 is 5.97 Å². The lowest BCUT2D eigenvalue weighted by molar-refractivity contribution is 0.0526. The summed E-state index contributed by atoms with van der Waals surface area (Å²) in [6, 6.07) is 8.79. The number of rotatable bonds is 4. The van der Waals surface area contributed by atoms with Crippen LogP contribution in [-0.4, -0.2) is 17.6 Å². The Bertz CT molecular complexity index is 567. The van der Waals surface area contributed by atoms with Crippen LogP contribution in [0, 0.1) is 0 Å². The number of aromatic nitrogens is 1. The van der Waals surface area contributed by atoms with Gasteiger partial charge in [-0.25, -0.2) is 4.79 Å². The van der Waals surface area contributed by atoms with E-state index in [4.69, 9.17) is 10.5 Å². The molecule has 3 N–H and O–H groups in total. The molecule has 0 saturated heterocycles. The van der Waals surface area contributed by atoms with E-state index in [9.17, 15) is 4.79 Å². The van der Waals surface area contributed by atoms with Crippen LogP contribution < -0.4 is 11.1 Å². The molecule has 0 unspecified atom stereocenters. The van der Waals surface area contributed by atoms with Crippen LogP contribution in [0.2, 0.25) is 0 Å². The van der Waals surface area contributed by atoms with Gasteiger partial charge in [-0.3, -0.25) is 4.98 Å². The fourth-order valence-corrected chi connectivity index (χ4v) is 1.58. The van der Waals surface area contributed by atoms with Gasteiger partial charge in [0.05, 0.1) is 29.7 Å². The standard InChI is InChI=1S/C14H15N3O2/c1-2-19-14(18)10-3-5-11(6-4-10)17-13-7-8-16-9-12(13)15/h3-9H,2,15H2,1H3,(H,16,17). The van der Waals surface area contributed by atoms with E-state index >= 15 is 0 Å². The number of carbonyl (C=O) groups excluding carboxylic acids is 1. The molecule has 1 heterocycles. The predicted molar refractivity (Wildman–Crippen MR) is 74.3 cm³/mol. The van der Waals surface area contributed by atoms with Gasteiger partial charge in [0, 0.05) is 11.9 Å². The fraction of sp³-hybridized carbons (Fsp3) is 0.143. The van der Waals surface area contributed by atoms with Gasteiger partial charge in [0.1, 0.15) is 0 Å². The number of carbonyl (C=O) groups is 1. The number of nitrogens with zero attached hydrogens (tertiary/aromatic N) is 1. The molecular formula is C14H15N3O2. The monoisotopic (exact) mass is 257 g/mol. The summed E-state index contributed by atoms with van der Waals surface area (Å²) in [6.07, 6.45) is 3.24. The van der Waals surface area contributed by atoms with Crippen LogP contribution in [0.4, 0.5) is 17.1 Å². The number of ether oxygens (including phenoxy) is 1. The summed E-state index contributed by atoms with van der Waals surface area (Å²) in [5, 5.41) is 3.15. The van der Waals surface area contributed by atoms with Crippen molar-refractivity contribution >= 4 is 23.0 Å². The Hall–Kier alpha value is -2.56. The summed E-state index contributed by atoms with van der Waals surface area (Å²) in [5.74, 6) is -0.322. The summed E-state index contributed by atoms with van der Waals surface area (Å²) in [5.41, 5.74) is 8.49. The van der Waals surface area contributed by atoms with Crippen molar-refractivity contribution in [2.75, 3.05) is 17.7 Å². The largest absolute Gasteiger partial charge is 0.462 e. The molecule has 1 aromatic heterocycles. The van der Waals surface area contributed by atoms with Gasteiger partial charge < -0.3 is 15.8 Å². The van der Waals surface area contributed by atoms with Crippen molar-refractivity contribution < 1.29 is 9.53 Å². The highest BCUT2D eigenvalue weighted by Crippen LogP contribution is 2.21. The van der Waals surface area contributed by atoms with Crippen LogP contribution in [-0.2, 0) is 4.74 Å². The third-order valence-corrected chi connectivity index (χ3v) is 2.53. The quantitative estimate of drug-likeness (QED) is 0.823. The number of hydrogen-bond acceptors (Lipinski definition) is 5. The van der Waals surface area contributed by atoms with E-state index in [1.165, 1.54) is 0 Å². The van der Waals surface area contributed by atoms with Crippen molar-refractivity contribution in [1.29, 1.82) is 0 Å². The highest BCUT2D eigenvalue weighted by atomic mass is 16.5. The highest BCUT2D eigenvalue weighted by molar-refractivity contribution is 5.90. The van der Waals surface area contributed by atoms with Crippen LogP contribution in [0.3, 0.4) is 0 Å². The van der Waals surface area contributed by atoms with Crippen molar-refractivity contribution in [3.05, 3.63) is 48.3 Å². The molecule has 0 radical (unpaired) electrons. The lowest BCUT2D eigenvalue weighted by Crippen LogP contribution is -2.04. The maximum Gasteiger partial charge on any atom is 0.338 e. The van der Waals surface area contributed by atoms with Gasteiger partial charge in [-0.2, -0.15) is 0 Å². The van der Waals surface area contributed by atoms with Gasteiger partial charge in [0.25, 0.3) is 0 Å². The summed E-state index contributed by atoms with van der Waals surface area (Å²) < 4.78 is 4.92. The fourth-order valence-electron chi connectivity index (χ4n) is 1.58. The molecule has 0 fully saturated rings. The second kappa shape index (κ2) is 5.86. The number of benzene rings is 1. The number of hydrogen-bond donors (Lipinski definition) is 2. The molecule has 0 aliphatic carbocycles. The zero-order chi connectivity index (χ0) is 13.7. The molecule has 98 valence electrons. The van der Waals surface area contributed by atoms with Crippen molar-refractivity contribution in [3.63, 3.8) is 0 Å². The van der Waals surface area contributed by atoms with Gasteiger partial charge in [0.15, 0.2) is 0 Å². The van der Waals surface area contributed by atoms with Gasteiger partial charge in [-0.1, -0.05) is 0 Å². The average Bonchev–Trinajstić information content (AvgIpc) is 2.42. The van der Waals surface area contributed by atoms with Gasteiger partial charge in [-0.15, -0.1) is 0 Å². The number of nitrogens with two attached hydrogens (primary N) is 1. The van der Waals surface area contributed by atoms with Crippen LogP contribution in [0.5, 0.6) is 0 Å². The zero-order valence-electron chi connectivity index (χ0n) is 10.6. The Morgan fingerprint density at radius 2 is 2.05 bits per heavy atom. The molecular weight excluding hydrogens is 242 g/mol. The Kier molecular flexibility index (Phi) is 3.97. The number of nitrogen functional groups attached to an aromatic ring is 1. The van der Waals surface area contributed by atoms with Crippen molar-refractivity contribution in [2.45, 2.75) is 6.92 Å². The third-order valence-electron chi connectivity index (χ3n) is 2.53. The number of anilines is 3. The molecule has 0 saturated carbocycles. The van der Waals surface area contributed by atoms with Crippen LogP contribution in [0.1, 0.15) is 17.3 Å². The van der Waals surface area contributed by atoms with E-state index in [0.29, 0.717) is 17.9 Å². The minimum atomic E-state index is -0.322. The maximum atomic E-state index is 11.5. The molecule has 2 aromatic rings. The minimum Gasteiger partial charge on any atom is -0.462 e. The van der Waals surface area contributed by atoms with E-state index in [-0.39, 0.29) is 5.97 Å². The summed E-state index contributed by atoms with van der Waals surface area (Å²) in [6.45, 7) is 2.15. The van der Waals surface area contributed by atoms with Crippen molar-refractivity contribution in [1.82, 2.24) is 4.98 Å². The molecule has 5 nitrogen and oxygen atoms in total. The highest BCUT2D eigenvalue weighted by Gasteiger charge is 2.06. The topological polar surface area (TPSA) is 77.2 Å². The first-order chi connectivity index (χ1) is 9.20. The second-order valence-electron chi connectivity index (χ2n) is 3.89. The summed E-state index contributed by atoms with van der Waals surface area (Å²) in [4.78, 5) is 15.4.